The molecule has 0 bridgehead atoms. The quantitative estimate of drug-likeness (QED) is 0.663. The van der Waals surface area contributed by atoms with E-state index in [1.807, 2.05) is 49.5 Å². The SMILES string of the molecule is Cc1ccc(CNC(=O)NCCc2ccc3cc[nH]c3n2)cc1Cl. The molecule has 1 aromatic carbocycles. The maximum Gasteiger partial charge on any atom is 0.315 e. The average Bonchev–Trinajstić information content (AvgIpc) is 3.04. The van der Waals surface area contributed by atoms with Gasteiger partial charge in [0, 0.05) is 41.8 Å². The van der Waals surface area contributed by atoms with Crippen molar-refractivity contribution in [2.45, 2.75) is 19.9 Å². The molecule has 0 saturated heterocycles. The zero-order valence-corrected chi connectivity index (χ0v) is 14.2. The molecule has 2 heterocycles. The number of urea groups is 1. The lowest BCUT2D eigenvalue weighted by Gasteiger charge is -2.08. The highest BCUT2D eigenvalue weighted by Gasteiger charge is 2.03. The first-order chi connectivity index (χ1) is 11.6. The molecule has 3 aromatic rings. The highest BCUT2D eigenvalue weighted by molar-refractivity contribution is 6.31. The van der Waals surface area contributed by atoms with E-state index in [2.05, 4.69) is 20.6 Å². The van der Waals surface area contributed by atoms with Crippen LogP contribution in [0.4, 0.5) is 4.79 Å². The lowest BCUT2D eigenvalue weighted by molar-refractivity contribution is 0.240. The normalized spacial score (nSPS) is 10.8. The van der Waals surface area contributed by atoms with Crippen molar-refractivity contribution in [3.8, 4) is 0 Å². The molecular formula is C18H19ClN4O. The van der Waals surface area contributed by atoms with E-state index >= 15 is 0 Å². The van der Waals surface area contributed by atoms with Crippen LogP contribution < -0.4 is 10.6 Å². The number of fused-ring (bicyclic) bond motifs is 1. The predicted molar refractivity (Wildman–Crippen MR) is 96.2 cm³/mol. The minimum Gasteiger partial charge on any atom is -0.346 e. The van der Waals surface area contributed by atoms with Crippen molar-refractivity contribution in [3.63, 3.8) is 0 Å². The van der Waals surface area contributed by atoms with Crippen molar-refractivity contribution in [1.82, 2.24) is 20.6 Å². The van der Waals surface area contributed by atoms with Gasteiger partial charge in [-0.25, -0.2) is 9.78 Å². The number of aromatic nitrogens is 2. The van der Waals surface area contributed by atoms with Crippen molar-refractivity contribution in [2.24, 2.45) is 0 Å². The third-order valence-electron chi connectivity index (χ3n) is 3.82. The van der Waals surface area contributed by atoms with Gasteiger partial charge >= 0.3 is 6.03 Å². The van der Waals surface area contributed by atoms with Crippen LogP contribution in [0.5, 0.6) is 0 Å². The summed E-state index contributed by atoms with van der Waals surface area (Å²) in [5.74, 6) is 0. The first-order valence-electron chi connectivity index (χ1n) is 7.81. The maximum absolute atomic E-state index is 11.8. The molecular weight excluding hydrogens is 324 g/mol. The second kappa shape index (κ2) is 7.36. The molecule has 0 unspecified atom stereocenters. The molecule has 3 rings (SSSR count). The van der Waals surface area contributed by atoms with Crippen LogP contribution in [-0.2, 0) is 13.0 Å². The van der Waals surface area contributed by atoms with Gasteiger partial charge in [-0.15, -0.1) is 0 Å². The zero-order chi connectivity index (χ0) is 16.9. The van der Waals surface area contributed by atoms with Crippen molar-refractivity contribution in [1.29, 1.82) is 0 Å². The molecule has 124 valence electrons. The van der Waals surface area contributed by atoms with Crippen LogP contribution in [0.25, 0.3) is 11.0 Å². The lowest BCUT2D eigenvalue weighted by Crippen LogP contribution is -2.36. The highest BCUT2D eigenvalue weighted by Crippen LogP contribution is 2.16. The number of halogens is 1. The van der Waals surface area contributed by atoms with E-state index in [0.717, 1.165) is 27.9 Å². The summed E-state index contributed by atoms with van der Waals surface area (Å²) in [5, 5.41) is 7.45. The molecule has 0 atom stereocenters. The Morgan fingerprint density at radius 2 is 2.08 bits per heavy atom. The summed E-state index contributed by atoms with van der Waals surface area (Å²) in [6.07, 6.45) is 2.54. The first-order valence-corrected chi connectivity index (χ1v) is 8.19. The molecule has 2 aromatic heterocycles. The van der Waals surface area contributed by atoms with Gasteiger partial charge in [-0.1, -0.05) is 23.7 Å². The van der Waals surface area contributed by atoms with Gasteiger partial charge in [-0.3, -0.25) is 0 Å². The Morgan fingerprint density at radius 3 is 2.92 bits per heavy atom. The highest BCUT2D eigenvalue weighted by atomic mass is 35.5. The van der Waals surface area contributed by atoms with E-state index in [1.165, 1.54) is 0 Å². The van der Waals surface area contributed by atoms with Crippen LogP contribution in [0.2, 0.25) is 5.02 Å². The number of rotatable bonds is 5. The Bertz CT molecular complexity index is 859. The number of hydrogen-bond acceptors (Lipinski definition) is 2. The number of hydrogen-bond donors (Lipinski definition) is 3. The van der Waals surface area contributed by atoms with E-state index in [4.69, 9.17) is 11.6 Å². The second-order valence-electron chi connectivity index (χ2n) is 5.66. The summed E-state index contributed by atoms with van der Waals surface area (Å²) in [4.78, 5) is 19.4. The average molecular weight is 343 g/mol. The third-order valence-corrected chi connectivity index (χ3v) is 4.23. The van der Waals surface area contributed by atoms with Gasteiger partial charge in [0.1, 0.15) is 5.65 Å². The summed E-state index contributed by atoms with van der Waals surface area (Å²) < 4.78 is 0. The molecule has 3 N–H and O–H groups in total. The number of aromatic amines is 1. The van der Waals surface area contributed by atoms with Crippen molar-refractivity contribution in [2.75, 3.05) is 6.54 Å². The fourth-order valence-corrected chi connectivity index (χ4v) is 2.61. The Kier molecular flexibility index (Phi) is 5.01. The van der Waals surface area contributed by atoms with Crippen LogP contribution in [0.3, 0.4) is 0 Å². The fraction of sp³-hybridized carbons (Fsp3) is 0.222. The summed E-state index contributed by atoms with van der Waals surface area (Å²) in [5.41, 5.74) is 3.81. The van der Waals surface area contributed by atoms with Gasteiger partial charge in [-0.05, 0) is 42.3 Å². The number of pyridine rings is 1. The molecule has 0 saturated carbocycles. The molecule has 2 amide bonds. The molecule has 5 nitrogen and oxygen atoms in total. The summed E-state index contributed by atoms with van der Waals surface area (Å²) >= 11 is 6.08. The van der Waals surface area contributed by atoms with E-state index in [-0.39, 0.29) is 6.03 Å². The first kappa shape index (κ1) is 16.3. The summed E-state index contributed by atoms with van der Waals surface area (Å²) in [6, 6.07) is 11.5. The number of benzene rings is 1. The smallest absolute Gasteiger partial charge is 0.315 e. The number of H-pyrrole nitrogens is 1. The van der Waals surface area contributed by atoms with E-state index < -0.39 is 0 Å². The standard InChI is InChI=1S/C18H19ClN4O/c1-12-2-3-13(10-16(12)19)11-22-18(24)21-9-7-15-5-4-14-6-8-20-17(14)23-15/h2-6,8,10H,7,9,11H2,1H3,(H,20,23)(H2,21,22,24). The molecule has 0 aliphatic rings. The fourth-order valence-electron chi connectivity index (χ4n) is 2.41. The molecule has 6 heteroatoms. The van der Waals surface area contributed by atoms with Gasteiger partial charge in [0.25, 0.3) is 0 Å². The molecule has 0 aliphatic heterocycles. The number of carbonyl (C=O) groups excluding carboxylic acids is 1. The van der Waals surface area contributed by atoms with Crippen LogP contribution in [-0.4, -0.2) is 22.5 Å². The molecule has 0 aliphatic carbocycles. The Hall–Kier alpha value is -2.53. The van der Waals surface area contributed by atoms with Crippen molar-refractivity contribution >= 4 is 28.7 Å². The predicted octanol–water partition coefficient (Wildman–Crippen LogP) is 3.57. The Labute approximate surface area is 145 Å². The molecule has 0 radical (unpaired) electrons. The summed E-state index contributed by atoms with van der Waals surface area (Å²) in [6.45, 7) is 2.92. The van der Waals surface area contributed by atoms with Crippen molar-refractivity contribution < 1.29 is 4.79 Å². The number of carbonyl (C=O) groups is 1. The minimum atomic E-state index is -0.201. The van der Waals surface area contributed by atoms with E-state index in [9.17, 15) is 4.79 Å². The number of nitrogens with one attached hydrogen (secondary N) is 3. The topological polar surface area (TPSA) is 69.8 Å². The Balaban J connectivity index is 1.44. The largest absolute Gasteiger partial charge is 0.346 e. The lowest BCUT2D eigenvalue weighted by atomic mass is 10.1. The maximum atomic E-state index is 11.8. The van der Waals surface area contributed by atoms with Gasteiger partial charge in [0.15, 0.2) is 0 Å². The van der Waals surface area contributed by atoms with Gasteiger partial charge in [0.2, 0.25) is 0 Å². The van der Waals surface area contributed by atoms with Gasteiger partial charge in [0.05, 0.1) is 0 Å². The van der Waals surface area contributed by atoms with Crippen LogP contribution in [0, 0.1) is 6.92 Å². The molecule has 24 heavy (non-hydrogen) atoms. The second-order valence-corrected chi connectivity index (χ2v) is 6.07. The summed E-state index contributed by atoms with van der Waals surface area (Å²) in [7, 11) is 0. The minimum absolute atomic E-state index is 0.201. The van der Waals surface area contributed by atoms with Crippen molar-refractivity contribution in [3.05, 3.63) is 64.4 Å². The van der Waals surface area contributed by atoms with Crippen LogP contribution in [0.1, 0.15) is 16.8 Å². The van der Waals surface area contributed by atoms with Crippen LogP contribution in [0.15, 0.2) is 42.6 Å². The Morgan fingerprint density at radius 1 is 1.21 bits per heavy atom. The number of aryl methyl sites for hydroxylation is 1. The third kappa shape index (κ3) is 4.06. The monoisotopic (exact) mass is 342 g/mol. The zero-order valence-electron chi connectivity index (χ0n) is 13.4. The molecule has 0 fully saturated rings. The van der Waals surface area contributed by atoms with Gasteiger partial charge < -0.3 is 15.6 Å². The van der Waals surface area contributed by atoms with Crippen LogP contribution >= 0.6 is 11.6 Å². The van der Waals surface area contributed by atoms with E-state index in [0.29, 0.717) is 24.5 Å². The number of amides is 2. The number of nitrogens with zero attached hydrogens (tertiary/aromatic N) is 1. The van der Waals surface area contributed by atoms with Gasteiger partial charge in [-0.2, -0.15) is 0 Å². The van der Waals surface area contributed by atoms with E-state index in [1.54, 1.807) is 0 Å². The molecule has 0 spiro atoms.